The second-order valence-corrected chi connectivity index (χ2v) is 11.9. The summed E-state index contributed by atoms with van der Waals surface area (Å²) in [7, 11) is 1.78. The lowest BCUT2D eigenvalue weighted by Crippen LogP contribution is -2.27. The Bertz CT molecular complexity index is 1650. The predicted molar refractivity (Wildman–Crippen MR) is 166 cm³/mol. The molecule has 5 rings (SSSR count). The van der Waals surface area contributed by atoms with E-state index in [-0.39, 0.29) is 24.8 Å². The number of aromatic nitrogens is 4. The molecule has 1 saturated carbocycles. The number of carbonyl (C=O) groups excluding carboxylic acids is 3. The van der Waals surface area contributed by atoms with Crippen LogP contribution in [0.15, 0.2) is 46.9 Å². The van der Waals surface area contributed by atoms with Crippen molar-refractivity contribution in [3.05, 3.63) is 69.5 Å². The van der Waals surface area contributed by atoms with Gasteiger partial charge in [-0.2, -0.15) is 5.10 Å². The highest BCUT2D eigenvalue weighted by Gasteiger charge is 2.22. The number of primary amides is 1. The highest BCUT2D eigenvalue weighted by atomic mass is 79.9. The normalized spacial score (nSPS) is 13.5. The van der Waals surface area contributed by atoms with Crippen molar-refractivity contribution in [2.75, 3.05) is 17.3 Å². The molecule has 0 bridgehead atoms. The fourth-order valence-electron chi connectivity index (χ4n) is 5.60. The number of hydrogen-bond donors (Lipinski definition) is 2. The minimum Gasteiger partial charge on any atom is -0.370 e. The molecule has 220 valence electrons. The summed E-state index contributed by atoms with van der Waals surface area (Å²) in [6.45, 7) is 4.71. The zero-order valence-electron chi connectivity index (χ0n) is 24.2. The first-order valence-electron chi connectivity index (χ1n) is 14.3. The maximum Gasteiger partial charge on any atom is 0.257 e. The van der Waals surface area contributed by atoms with Gasteiger partial charge in [-0.25, -0.2) is 4.98 Å². The molecule has 0 unspecified atom stereocenters. The molecule has 2 aromatic carbocycles. The van der Waals surface area contributed by atoms with Gasteiger partial charge in [-0.05, 0) is 84.4 Å². The molecular formula is C31H36BrN7O3. The number of nitrogens with zero attached hydrogens (tertiary/aromatic N) is 5. The molecule has 2 aromatic heterocycles. The Balaban J connectivity index is 1.38. The monoisotopic (exact) mass is 633 g/mol. The molecule has 10 nitrogen and oxygen atoms in total. The van der Waals surface area contributed by atoms with Crippen molar-refractivity contribution in [1.82, 2.24) is 19.3 Å². The van der Waals surface area contributed by atoms with E-state index in [4.69, 9.17) is 10.7 Å². The lowest BCUT2D eigenvalue weighted by atomic mass is 10.0. The third-order valence-electron chi connectivity index (χ3n) is 8.05. The molecule has 3 amide bonds. The van der Waals surface area contributed by atoms with E-state index >= 15 is 0 Å². The number of aryl methyl sites for hydroxylation is 2. The molecule has 1 aliphatic carbocycles. The van der Waals surface area contributed by atoms with Gasteiger partial charge in [-0.1, -0.05) is 25.0 Å². The first-order valence-corrected chi connectivity index (χ1v) is 15.0. The molecule has 0 radical (unpaired) electrons. The fourth-order valence-corrected chi connectivity index (χ4v) is 5.88. The van der Waals surface area contributed by atoms with E-state index in [1.54, 1.807) is 22.6 Å². The number of nitrogens with one attached hydrogen (secondary N) is 1. The zero-order valence-corrected chi connectivity index (χ0v) is 25.8. The fraction of sp³-hybridized carbons (Fsp3) is 0.387. The lowest BCUT2D eigenvalue weighted by Gasteiger charge is -2.19. The smallest absolute Gasteiger partial charge is 0.257 e. The highest BCUT2D eigenvalue weighted by Crippen LogP contribution is 2.30. The summed E-state index contributed by atoms with van der Waals surface area (Å²) in [4.78, 5) is 44.3. The average Bonchev–Trinajstić information content (AvgIpc) is 3.66. The second-order valence-electron chi connectivity index (χ2n) is 11.1. The van der Waals surface area contributed by atoms with E-state index in [1.165, 1.54) is 12.8 Å². The Morgan fingerprint density at radius 3 is 2.57 bits per heavy atom. The minimum absolute atomic E-state index is 0.0793. The summed E-state index contributed by atoms with van der Waals surface area (Å²) in [6, 6.07) is 12.9. The number of rotatable bonds is 10. The summed E-state index contributed by atoms with van der Waals surface area (Å²) >= 11 is 3.56. The van der Waals surface area contributed by atoms with Gasteiger partial charge in [0, 0.05) is 37.7 Å². The number of carbonyl (C=O) groups is 3. The number of halogens is 1. The molecule has 3 N–H and O–H groups in total. The van der Waals surface area contributed by atoms with Gasteiger partial charge in [0.05, 0.1) is 33.4 Å². The molecule has 0 saturated heterocycles. The molecule has 2 heterocycles. The van der Waals surface area contributed by atoms with Crippen LogP contribution in [0.4, 0.5) is 11.6 Å². The van der Waals surface area contributed by atoms with Crippen LogP contribution in [0.2, 0.25) is 0 Å². The van der Waals surface area contributed by atoms with Crippen molar-refractivity contribution in [3.63, 3.8) is 0 Å². The van der Waals surface area contributed by atoms with Gasteiger partial charge in [0.15, 0.2) is 0 Å². The van der Waals surface area contributed by atoms with Gasteiger partial charge < -0.3 is 15.2 Å². The standard InChI is InChI=1S/C31H36BrN7O3/c1-19-29(32)20(2)39(36-19)18-22-9-6-10-23(15-22)30(42)35-31-34-25-17-24(11-12-26(25)38(31)14-13-27(33)40)37(3)28(41)16-21-7-4-5-8-21/h6,9-12,15,17,21H,4-5,7-8,13-14,16,18H2,1-3H3,(H2,33,40)(H,34,35,42). The summed E-state index contributed by atoms with van der Waals surface area (Å²) in [5, 5.41) is 7.49. The molecule has 0 atom stereocenters. The number of amides is 3. The first-order chi connectivity index (χ1) is 20.1. The number of hydrogen-bond acceptors (Lipinski definition) is 5. The first kappa shape index (κ1) is 29.5. The summed E-state index contributed by atoms with van der Waals surface area (Å²) in [6.07, 6.45) is 5.22. The van der Waals surface area contributed by atoms with Crippen LogP contribution in [0, 0.1) is 19.8 Å². The SMILES string of the molecule is Cc1nn(Cc2cccc(C(=O)Nc3nc4cc(N(C)C(=O)CC5CCCC5)ccc4n3CCC(N)=O)c2)c(C)c1Br. The summed E-state index contributed by atoms with van der Waals surface area (Å²) in [5.74, 6) is 0.0565. The number of nitrogens with two attached hydrogens (primary N) is 1. The predicted octanol–water partition coefficient (Wildman–Crippen LogP) is 5.33. The number of imidazole rings is 1. The van der Waals surface area contributed by atoms with Gasteiger partial charge in [0.25, 0.3) is 5.91 Å². The van der Waals surface area contributed by atoms with Crippen LogP contribution in [0.25, 0.3) is 11.0 Å². The van der Waals surface area contributed by atoms with Crippen LogP contribution in [-0.4, -0.2) is 44.1 Å². The Hall–Kier alpha value is -3.99. The second kappa shape index (κ2) is 12.5. The molecule has 0 aliphatic heterocycles. The van der Waals surface area contributed by atoms with Crippen LogP contribution in [0.3, 0.4) is 0 Å². The summed E-state index contributed by atoms with van der Waals surface area (Å²) < 4.78 is 4.64. The Morgan fingerprint density at radius 2 is 1.88 bits per heavy atom. The maximum absolute atomic E-state index is 13.4. The number of anilines is 2. The van der Waals surface area contributed by atoms with Crippen molar-refractivity contribution in [2.45, 2.75) is 65.5 Å². The average molecular weight is 635 g/mol. The quantitative estimate of drug-likeness (QED) is 0.244. The van der Waals surface area contributed by atoms with Crippen LogP contribution >= 0.6 is 15.9 Å². The van der Waals surface area contributed by atoms with Crippen LogP contribution < -0.4 is 16.0 Å². The molecule has 0 spiro atoms. The van der Waals surface area contributed by atoms with Crippen molar-refractivity contribution in [1.29, 1.82) is 0 Å². The third-order valence-corrected chi connectivity index (χ3v) is 9.20. The Kier molecular flexibility index (Phi) is 8.77. The third kappa shape index (κ3) is 6.41. The summed E-state index contributed by atoms with van der Waals surface area (Å²) in [5.41, 5.74) is 10.8. The van der Waals surface area contributed by atoms with Crippen LogP contribution in [0.5, 0.6) is 0 Å². The van der Waals surface area contributed by atoms with E-state index in [1.807, 2.05) is 54.9 Å². The van der Waals surface area contributed by atoms with Gasteiger partial charge in [-0.3, -0.25) is 24.4 Å². The number of benzene rings is 2. The molecule has 1 fully saturated rings. The molecule has 1 aliphatic rings. The van der Waals surface area contributed by atoms with Crippen molar-refractivity contribution in [3.8, 4) is 0 Å². The Labute approximate surface area is 253 Å². The van der Waals surface area contributed by atoms with E-state index < -0.39 is 5.91 Å². The highest BCUT2D eigenvalue weighted by molar-refractivity contribution is 9.10. The van der Waals surface area contributed by atoms with Gasteiger partial charge in [0.2, 0.25) is 17.8 Å². The van der Waals surface area contributed by atoms with Crippen molar-refractivity contribution < 1.29 is 14.4 Å². The Morgan fingerprint density at radius 1 is 1.12 bits per heavy atom. The maximum atomic E-state index is 13.4. The molecule has 42 heavy (non-hydrogen) atoms. The van der Waals surface area contributed by atoms with Crippen molar-refractivity contribution >= 4 is 56.3 Å². The number of fused-ring (bicyclic) bond motifs is 1. The molecular weight excluding hydrogens is 598 g/mol. The van der Waals surface area contributed by atoms with Crippen LogP contribution in [0.1, 0.15) is 65.8 Å². The van der Waals surface area contributed by atoms with E-state index in [0.29, 0.717) is 35.9 Å². The molecule has 11 heteroatoms. The van der Waals surface area contributed by atoms with Crippen LogP contribution in [-0.2, 0) is 22.7 Å². The van der Waals surface area contributed by atoms with E-state index in [0.717, 1.165) is 45.5 Å². The van der Waals surface area contributed by atoms with Crippen molar-refractivity contribution in [2.24, 2.45) is 11.7 Å². The minimum atomic E-state index is -0.452. The zero-order chi connectivity index (χ0) is 30.0. The molecule has 4 aromatic rings. The van der Waals surface area contributed by atoms with Gasteiger partial charge in [-0.15, -0.1) is 0 Å². The topological polar surface area (TPSA) is 128 Å². The largest absolute Gasteiger partial charge is 0.370 e. The van der Waals surface area contributed by atoms with Gasteiger partial charge >= 0.3 is 0 Å². The van der Waals surface area contributed by atoms with Gasteiger partial charge in [0.1, 0.15) is 0 Å². The van der Waals surface area contributed by atoms with E-state index in [2.05, 4.69) is 26.3 Å². The van der Waals surface area contributed by atoms with E-state index in [9.17, 15) is 14.4 Å². The lowest BCUT2D eigenvalue weighted by molar-refractivity contribution is -0.119.